The van der Waals surface area contributed by atoms with Gasteiger partial charge in [0.1, 0.15) is 5.75 Å². The van der Waals surface area contributed by atoms with Crippen LogP contribution in [0.15, 0.2) is 48.5 Å². The molecule has 1 N–H and O–H groups in total. The molecule has 0 aromatic heterocycles. The molecule has 3 rings (SSSR count). The van der Waals surface area contributed by atoms with E-state index in [-0.39, 0.29) is 34.9 Å². The largest absolute Gasteiger partial charge is 0.496 e. The van der Waals surface area contributed by atoms with Crippen molar-refractivity contribution in [2.24, 2.45) is 0 Å². The van der Waals surface area contributed by atoms with E-state index in [9.17, 15) is 19.7 Å². The van der Waals surface area contributed by atoms with Gasteiger partial charge in [0.05, 0.1) is 23.5 Å². The Labute approximate surface area is 181 Å². The first-order chi connectivity index (χ1) is 14.9. The molecule has 0 aliphatic carbocycles. The lowest BCUT2D eigenvalue weighted by atomic mass is 9.93. The summed E-state index contributed by atoms with van der Waals surface area (Å²) in [4.78, 5) is 38.1. The van der Waals surface area contributed by atoms with Crippen molar-refractivity contribution < 1.29 is 19.2 Å². The van der Waals surface area contributed by atoms with Gasteiger partial charge in [-0.2, -0.15) is 0 Å². The molecule has 1 atom stereocenters. The number of amides is 2. The topological polar surface area (TPSA) is 102 Å². The van der Waals surface area contributed by atoms with Crippen LogP contribution in [0.5, 0.6) is 5.75 Å². The minimum absolute atomic E-state index is 0.110. The highest BCUT2D eigenvalue weighted by Gasteiger charge is 2.29. The Hall–Kier alpha value is -3.42. The summed E-state index contributed by atoms with van der Waals surface area (Å²) in [6.45, 7) is 3.12. The standard InChI is InChI=1S/C23H27N3O5/c1-3-19(16-7-5-4-6-8-16)23(28)25-13-11-17(12-14-25)24-22(27)20-15-18(26(29)30)9-10-21(20)31-2/h4-10,15,17,19H,3,11-14H2,1-2H3,(H,24,27). The Balaban J connectivity index is 1.61. The van der Waals surface area contributed by atoms with Crippen molar-refractivity contribution in [1.82, 2.24) is 10.2 Å². The first-order valence-electron chi connectivity index (χ1n) is 10.4. The van der Waals surface area contributed by atoms with Crippen molar-refractivity contribution in [1.29, 1.82) is 0 Å². The number of ether oxygens (including phenoxy) is 1. The molecule has 2 amide bonds. The molecule has 1 fully saturated rings. The third-order valence-corrected chi connectivity index (χ3v) is 5.69. The van der Waals surface area contributed by atoms with Crippen LogP contribution in [0.2, 0.25) is 0 Å². The zero-order valence-corrected chi connectivity index (χ0v) is 17.7. The molecule has 1 saturated heterocycles. The van der Waals surface area contributed by atoms with Crippen molar-refractivity contribution in [3.05, 3.63) is 69.8 Å². The highest BCUT2D eigenvalue weighted by Crippen LogP contribution is 2.26. The lowest BCUT2D eigenvalue weighted by Gasteiger charge is -2.34. The minimum Gasteiger partial charge on any atom is -0.496 e. The van der Waals surface area contributed by atoms with Crippen LogP contribution in [0.4, 0.5) is 5.69 Å². The first-order valence-corrected chi connectivity index (χ1v) is 10.4. The summed E-state index contributed by atoms with van der Waals surface area (Å²) >= 11 is 0. The summed E-state index contributed by atoms with van der Waals surface area (Å²) in [5.74, 6) is -0.189. The van der Waals surface area contributed by atoms with E-state index in [1.165, 1.54) is 25.3 Å². The van der Waals surface area contributed by atoms with Gasteiger partial charge in [-0.3, -0.25) is 19.7 Å². The molecule has 1 heterocycles. The van der Waals surface area contributed by atoms with E-state index < -0.39 is 10.8 Å². The van der Waals surface area contributed by atoms with E-state index in [1.807, 2.05) is 42.2 Å². The van der Waals surface area contributed by atoms with Gasteiger partial charge in [-0.05, 0) is 30.9 Å². The zero-order valence-electron chi connectivity index (χ0n) is 17.7. The maximum atomic E-state index is 13.0. The Morgan fingerprint density at radius 3 is 2.45 bits per heavy atom. The van der Waals surface area contributed by atoms with E-state index in [2.05, 4.69) is 5.32 Å². The summed E-state index contributed by atoms with van der Waals surface area (Å²) in [5.41, 5.74) is 0.978. The van der Waals surface area contributed by atoms with Gasteiger partial charge in [0.2, 0.25) is 5.91 Å². The molecule has 1 unspecified atom stereocenters. The molecule has 31 heavy (non-hydrogen) atoms. The second-order valence-electron chi connectivity index (χ2n) is 7.59. The molecule has 0 bridgehead atoms. The number of hydrogen-bond donors (Lipinski definition) is 1. The summed E-state index contributed by atoms with van der Waals surface area (Å²) in [7, 11) is 1.42. The number of nitro groups is 1. The average Bonchev–Trinajstić information content (AvgIpc) is 2.80. The van der Waals surface area contributed by atoms with Crippen LogP contribution in [-0.4, -0.2) is 47.9 Å². The predicted octanol–water partition coefficient (Wildman–Crippen LogP) is 3.52. The number of nitrogens with one attached hydrogen (secondary N) is 1. The van der Waals surface area contributed by atoms with Gasteiger partial charge >= 0.3 is 0 Å². The molecular weight excluding hydrogens is 398 g/mol. The van der Waals surface area contributed by atoms with Crippen molar-refractivity contribution >= 4 is 17.5 Å². The zero-order chi connectivity index (χ0) is 22.4. The van der Waals surface area contributed by atoms with Crippen LogP contribution in [0.1, 0.15) is 48.0 Å². The van der Waals surface area contributed by atoms with Gasteiger partial charge in [0, 0.05) is 31.3 Å². The normalized spacial score (nSPS) is 15.2. The molecule has 0 saturated carbocycles. The number of rotatable bonds is 7. The Morgan fingerprint density at radius 2 is 1.87 bits per heavy atom. The van der Waals surface area contributed by atoms with Crippen LogP contribution < -0.4 is 10.1 Å². The molecule has 8 heteroatoms. The van der Waals surface area contributed by atoms with Crippen LogP contribution in [0.25, 0.3) is 0 Å². The Morgan fingerprint density at radius 1 is 1.19 bits per heavy atom. The van der Waals surface area contributed by atoms with Crippen molar-refractivity contribution in [3.8, 4) is 5.75 Å². The molecule has 1 aliphatic rings. The monoisotopic (exact) mass is 425 g/mol. The number of benzene rings is 2. The fourth-order valence-corrected chi connectivity index (χ4v) is 3.95. The second kappa shape index (κ2) is 10.1. The lowest BCUT2D eigenvalue weighted by Crippen LogP contribution is -2.47. The summed E-state index contributed by atoms with van der Waals surface area (Å²) in [6.07, 6.45) is 1.98. The molecule has 2 aromatic carbocycles. The van der Waals surface area contributed by atoms with Crippen molar-refractivity contribution in [2.75, 3.05) is 20.2 Å². The van der Waals surface area contributed by atoms with E-state index in [0.29, 0.717) is 25.9 Å². The van der Waals surface area contributed by atoms with Gasteiger partial charge < -0.3 is 15.0 Å². The number of nitro benzene ring substituents is 1. The van der Waals surface area contributed by atoms with Gasteiger partial charge in [0.15, 0.2) is 0 Å². The van der Waals surface area contributed by atoms with Crippen LogP contribution in [-0.2, 0) is 4.79 Å². The predicted molar refractivity (Wildman–Crippen MR) is 116 cm³/mol. The summed E-state index contributed by atoms with van der Waals surface area (Å²) < 4.78 is 5.18. The van der Waals surface area contributed by atoms with Gasteiger partial charge in [-0.15, -0.1) is 0 Å². The average molecular weight is 425 g/mol. The van der Waals surface area contributed by atoms with Gasteiger partial charge in [-0.25, -0.2) is 0 Å². The van der Waals surface area contributed by atoms with Gasteiger partial charge in [-0.1, -0.05) is 37.3 Å². The first kappa shape index (κ1) is 22.3. The Kier molecular flexibility index (Phi) is 7.23. The fraction of sp³-hybridized carbons (Fsp3) is 0.391. The maximum absolute atomic E-state index is 13.0. The maximum Gasteiger partial charge on any atom is 0.270 e. The summed E-state index contributed by atoms with van der Waals surface area (Å²) in [5, 5.41) is 14.0. The fourth-order valence-electron chi connectivity index (χ4n) is 3.95. The van der Waals surface area contributed by atoms with Crippen molar-refractivity contribution in [2.45, 2.75) is 38.1 Å². The highest BCUT2D eigenvalue weighted by atomic mass is 16.6. The number of carbonyl (C=O) groups is 2. The lowest BCUT2D eigenvalue weighted by molar-refractivity contribution is -0.384. The highest BCUT2D eigenvalue weighted by molar-refractivity contribution is 5.97. The van der Waals surface area contributed by atoms with Crippen LogP contribution >= 0.6 is 0 Å². The molecule has 0 spiro atoms. The summed E-state index contributed by atoms with van der Waals surface area (Å²) in [6, 6.07) is 13.6. The molecule has 164 valence electrons. The Bertz CT molecular complexity index is 939. The third kappa shape index (κ3) is 5.20. The smallest absolute Gasteiger partial charge is 0.270 e. The van der Waals surface area contributed by atoms with Crippen molar-refractivity contribution in [3.63, 3.8) is 0 Å². The minimum atomic E-state index is -0.544. The van der Waals surface area contributed by atoms with Gasteiger partial charge in [0.25, 0.3) is 11.6 Å². The number of methoxy groups -OCH3 is 1. The van der Waals surface area contributed by atoms with E-state index in [4.69, 9.17) is 4.74 Å². The third-order valence-electron chi connectivity index (χ3n) is 5.69. The second-order valence-corrected chi connectivity index (χ2v) is 7.59. The number of carbonyl (C=O) groups excluding carboxylic acids is 2. The van der Waals surface area contributed by atoms with E-state index in [0.717, 1.165) is 12.0 Å². The number of hydrogen-bond acceptors (Lipinski definition) is 5. The molecule has 2 aromatic rings. The quantitative estimate of drug-likeness (QED) is 0.540. The van der Waals surface area contributed by atoms with Crippen LogP contribution in [0.3, 0.4) is 0 Å². The van der Waals surface area contributed by atoms with E-state index >= 15 is 0 Å². The number of nitrogens with zero attached hydrogens (tertiary/aromatic N) is 2. The number of likely N-dealkylation sites (tertiary alicyclic amines) is 1. The molecule has 8 nitrogen and oxygen atoms in total. The SMILES string of the molecule is CCC(C(=O)N1CCC(NC(=O)c2cc([N+](=O)[O-])ccc2OC)CC1)c1ccccc1. The van der Waals surface area contributed by atoms with E-state index in [1.54, 1.807) is 0 Å². The number of non-ortho nitro benzene ring substituents is 1. The molecule has 0 radical (unpaired) electrons. The molecular formula is C23H27N3O5. The van der Waals surface area contributed by atoms with Crippen LogP contribution in [0, 0.1) is 10.1 Å². The number of piperidine rings is 1. The molecule has 1 aliphatic heterocycles.